The minimum Gasteiger partial charge on any atom is -0.423 e. The number of ether oxygens (including phenoxy) is 1. The molecule has 168 valence electrons. The van der Waals surface area contributed by atoms with E-state index in [4.69, 9.17) is 4.74 Å². The zero-order chi connectivity index (χ0) is 24.1. The number of nitrogens with one attached hydrogen (secondary N) is 1. The summed E-state index contributed by atoms with van der Waals surface area (Å²) >= 11 is 0. The van der Waals surface area contributed by atoms with Gasteiger partial charge in [0.1, 0.15) is 11.3 Å². The summed E-state index contributed by atoms with van der Waals surface area (Å²) in [7, 11) is 0. The van der Waals surface area contributed by atoms with Crippen LogP contribution in [-0.2, 0) is 14.4 Å². The van der Waals surface area contributed by atoms with Crippen LogP contribution in [0.25, 0.3) is 12.2 Å². The third-order valence-corrected chi connectivity index (χ3v) is 4.83. The van der Waals surface area contributed by atoms with Crippen LogP contribution in [0.1, 0.15) is 11.1 Å². The number of carbonyl (C=O) groups is 3. The van der Waals surface area contributed by atoms with Gasteiger partial charge in [0.2, 0.25) is 0 Å². The number of nitro benzene ring substituents is 1. The molecule has 1 fully saturated rings. The first-order valence-corrected chi connectivity index (χ1v) is 10.1. The molecule has 0 saturated carbocycles. The van der Waals surface area contributed by atoms with Crippen molar-refractivity contribution < 1.29 is 24.0 Å². The van der Waals surface area contributed by atoms with Gasteiger partial charge < -0.3 is 4.74 Å². The normalized spacial score (nSPS) is 14.5. The largest absolute Gasteiger partial charge is 0.423 e. The number of esters is 1. The second-order valence-electron chi connectivity index (χ2n) is 7.12. The molecule has 0 atom stereocenters. The summed E-state index contributed by atoms with van der Waals surface area (Å²) in [5.41, 5.74) is 3.15. The fraction of sp³-hybridized carbons (Fsp3) is 0. The molecule has 1 saturated heterocycles. The molecule has 1 aliphatic heterocycles. The maximum absolute atomic E-state index is 12.9. The number of nitro groups is 1. The van der Waals surface area contributed by atoms with E-state index >= 15 is 0 Å². The van der Waals surface area contributed by atoms with Crippen molar-refractivity contribution >= 4 is 41.3 Å². The smallest absolute Gasteiger partial charge is 0.336 e. The van der Waals surface area contributed by atoms with E-state index in [1.54, 1.807) is 48.5 Å². The number of rotatable bonds is 6. The molecular weight excluding hydrogens is 438 g/mol. The van der Waals surface area contributed by atoms with Crippen LogP contribution in [-0.4, -0.2) is 22.7 Å². The van der Waals surface area contributed by atoms with Crippen molar-refractivity contribution in [3.63, 3.8) is 0 Å². The fourth-order valence-corrected chi connectivity index (χ4v) is 3.20. The number of benzene rings is 3. The summed E-state index contributed by atoms with van der Waals surface area (Å²) in [6, 6.07) is 21.1. The molecule has 3 aromatic rings. The molecule has 4 rings (SSSR count). The van der Waals surface area contributed by atoms with Crippen molar-refractivity contribution in [1.29, 1.82) is 0 Å². The Bertz CT molecular complexity index is 1330. The Morgan fingerprint density at radius 2 is 1.65 bits per heavy atom. The Kier molecular flexibility index (Phi) is 6.26. The average molecular weight is 455 g/mol. The van der Waals surface area contributed by atoms with Gasteiger partial charge in [-0.15, -0.1) is 0 Å². The highest BCUT2D eigenvalue weighted by Gasteiger charge is 2.34. The van der Waals surface area contributed by atoms with Crippen LogP contribution < -0.4 is 15.2 Å². The highest BCUT2D eigenvalue weighted by molar-refractivity contribution is 6.31. The first kappa shape index (κ1) is 22.2. The SMILES string of the molecule is O=C(/C=C/c1ccccc1)Oc1ccc([N+](=O)[O-])cc1/C=C1/C(=O)NN(c2ccccc2)C1=O. The second kappa shape index (κ2) is 9.61. The van der Waals surface area contributed by atoms with Gasteiger partial charge in [0, 0.05) is 23.8 Å². The van der Waals surface area contributed by atoms with Crippen molar-refractivity contribution in [3.05, 3.63) is 112 Å². The Hall–Kier alpha value is -5.05. The molecule has 9 nitrogen and oxygen atoms in total. The van der Waals surface area contributed by atoms with E-state index in [1.165, 1.54) is 18.2 Å². The number of non-ortho nitro benzene ring substituents is 1. The summed E-state index contributed by atoms with van der Waals surface area (Å²) in [5.74, 6) is -2.12. The van der Waals surface area contributed by atoms with Crippen molar-refractivity contribution in [2.75, 3.05) is 5.01 Å². The Labute approximate surface area is 193 Å². The highest BCUT2D eigenvalue weighted by atomic mass is 16.6. The number of nitrogens with zero attached hydrogens (tertiary/aromatic N) is 2. The van der Waals surface area contributed by atoms with Crippen LogP contribution in [0.3, 0.4) is 0 Å². The average Bonchev–Trinajstić information content (AvgIpc) is 3.13. The lowest BCUT2D eigenvalue weighted by molar-refractivity contribution is -0.384. The van der Waals surface area contributed by atoms with Gasteiger partial charge in [0.05, 0.1) is 10.6 Å². The molecule has 1 aliphatic rings. The monoisotopic (exact) mass is 455 g/mol. The molecule has 3 aromatic carbocycles. The lowest BCUT2D eigenvalue weighted by Gasteiger charge is -2.13. The second-order valence-corrected chi connectivity index (χ2v) is 7.12. The van der Waals surface area contributed by atoms with Gasteiger partial charge in [-0.1, -0.05) is 48.5 Å². The number of hydrogen-bond acceptors (Lipinski definition) is 6. The molecule has 34 heavy (non-hydrogen) atoms. The van der Waals surface area contributed by atoms with Crippen molar-refractivity contribution in [2.45, 2.75) is 0 Å². The predicted molar refractivity (Wildman–Crippen MR) is 124 cm³/mol. The van der Waals surface area contributed by atoms with E-state index in [1.807, 2.05) is 18.2 Å². The molecule has 1 N–H and O–H groups in total. The van der Waals surface area contributed by atoms with Crippen molar-refractivity contribution in [3.8, 4) is 5.75 Å². The van der Waals surface area contributed by atoms with E-state index in [0.29, 0.717) is 5.69 Å². The van der Waals surface area contributed by atoms with Gasteiger partial charge in [-0.25, -0.2) is 9.80 Å². The van der Waals surface area contributed by atoms with Gasteiger partial charge >= 0.3 is 5.97 Å². The third-order valence-electron chi connectivity index (χ3n) is 4.83. The summed E-state index contributed by atoms with van der Waals surface area (Å²) < 4.78 is 5.34. The van der Waals surface area contributed by atoms with Crippen LogP contribution in [0.15, 0.2) is 90.5 Å². The molecule has 0 unspecified atom stereocenters. The summed E-state index contributed by atoms with van der Waals surface area (Å²) in [4.78, 5) is 48.3. The molecule has 0 aliphatic carbocycles. The lowest BCUT2D eigenvalue weighted by Crippen LogP contribution is -2.35. The molecule has 0 radical (unpaired) electrons. The topological polar surface area (TPSA) is 119 Å². The van der Waals surface area contributed by atoms with Crippen LogP contribution in [0.5, 0.6) is 5.75 Å². The first-order valence-electron chi connectivity index (χ1n) is 10.1. The van der Waals surface area contributed by atoms with E-state index in [0.717, 1.165) is 22.7 Å². The number of amides is 2. The maximum Gasteiger partial charge on any atom is 0.336 e. The number of para-hydroxylation sites is 1. The highest BCUT2D eigenvalue weighted by Crippen LogP contribution is 2.29. The van der Waals surface area contributed by atoms with Gasteiger partial charge in [-0.2, -0.15) is 0 Å². The van der Waals surface area contributed by atoms with Gasteiger partial charge in [-0.05, 0) is 35.9 Å². The third kappa shape index (κ3) is 4.89. The van der Waals surface area contributed by atoms with E-state index in [-0.39, 0.29) is 22.6 Å². The zero-order valence-electron chi connectivity index (χ0n) is 17.6. The fourth-order valence-electron chi connectivity index (χ4n) is 3.20. The summed E-state index contributed by atoms with van der Waals surface area (Å²) in [6.07, 6.45) is 3.92. The molecule has 0 aromatic heterocycles. The molecule has 2 amide bonds. The molecule has 1 heterocycles. The Morgan fingerprint density at radius 1 is 0.971 bits per heavy atom. The van der Waals surface area contributed by atoms with Crippen LogP contribution in [0.4, 0.5) is 11.4 Å². The van der Waals surface area contributed by atoms with Gasteiger partial charge in [0.25, 0.3) is 17.5 Å². The predicted octanol–water partition coefficient (Wildman–Crippen LogP) is 3.68. The van der Waals surface area contributed by atoms with Crippen LogP contribution >= 0.6 is 0 Å². The van der Waals surface area contributed by atoms with Crippen LogP contribution in [0.2, 0.25) is 0 Å². The lowest BCUT2D eigenvalue weighted by atomic mass is 10.1. The first-order chi connectivity index (χ1) is 16.4. The van der Waals surface area contributed by atoms with Crippen molar-refractivity contribution in [1.82, 2.24) is 5.43 Å². The zero-order valence-corrected chi connectivity index (χ0v) is 17.6. The molecule has 0 spiro atoms. The Balaban J connectivity index is 1.64. The number of hydrogen-bond donors (Lipinski definition) is 1. The number of hydrazine groups is 1. The summed E-state index contributed by atoms with van der Waals surface area (Å²) in [6.45, 7) is 0. The minimum atomic E-state index is -0.731. The number of anilines is 1. The molecule has 0 bridgehead atoms. The number of carbonyl (C=O) groups excluding carboxylic acids is 3. The van der Waals surface area contributed by atoms with E-state index in [2.05, 4.69) is 5.43 Å². The quantitative estimate of drug-likeness (QED) is 0.151. The Morgan fingerprint density at radius 3 is 2.32 bits per heavy atom. The minimum absolute atomic E-state index is 0.0315. The van der Waals surface area contributed by atoms with Crippen LogP contribution in [0, 0.1) is 10.1 Å². The van der Waals surface area contributed by atoms with E-state index in [9.17, 15) is 24.5 Å². The summed E-state index contributed by atoms with van der Waals surface area (Å²) in [5, 5.41) is 12.3. The standard InChI is InChI=1S/C25H17N3O6/c29-23(14-11-17-7-3-1-4-8-17)34-22-13-12-20(28(32)33)15-18(22)16-21-24(30)26-27(25(21)31)19-9-5-2-6-10-19/h1-16H,(H,26,30)/b14-11+,21-16-. The van der Waals surface area contributed by atoms with Gasteiger partial charge in [-0.3, -0.25) is 25.1 Å². The molecule has 9 heteroatoms. The maximum atomic E-state index is 12.9. The molecular formula is C25H17N3O6. The van der Waals surface area contributed by atoms with E-state index < -0.39 is 22.7 Å². The van der Waals surface area contributed by atoms with Crippen molar-refractivity contribution in [2.24, 2.45) is 0 Å². The van der Waals surface area contributed by atoms with Gasteiger partial charge in [0.15, 0.2) is 0 Å².